The van der Waals surface area contributed by atoms with E-state index in [1.54, 1.807) is 6.21 Å². The molecule has 0 bridgehead atoms. The van der Waals surface area contributed by atoms with Crippen LogP contribution < -0.4 is 5.32 Å². The normalized spacial score (nSPS) is 19.4. The van der Waals surface area contributed by atoms with Gasteiger partial charge >= 0.3 is 0 Å². The van der Waals surface area contributed by atoms with Crippen molar-refractivity contribution in [2.24, 2.45) is 4.99 Å². The largest absolute Gasteiger partial charge is 0.295 e. The summed E-state index contributed by atoms with van der Waals surface area (Å²) >= 11 is 0. The van der Waals surface area contributed by atoms with Crippen LogP contribution in [0.15, 0.2) is 17.1 Å². The topological polar surface area (TPSA) is 24.4 Å². The summed E-state index contributed by atoms with van der Waals surface area (Å²) in [6.07, 6.45) is 5.79. The molecule has 0 spiro atoms. The molecule has 1 aliphatic heterocycles. The monoisotopic (exact) mass is 96.1 g/mol. The van der Waals surface area contributed by atoms with Crippen molar-refractivity contribution in [1.82, 2.24) is 5.32 Å². The fraction of sp³-hybridized carbons (Fsp3) is 0.400. The zero-order chi connectivity index (χ0) is 4.95. The van der Waals surface area contributed by atoms with E-state index in [1.165, 1.54) is 0 Å². The maximum atomic E-state index is 3.95. The third-order valence-electron chi connectivity index (χ3n) is 0.793. The van der Waals surface area contributed by atoms with E-state index in [1.807, 2.05) is 12.2 Å². The van der Waals surface area contributed by atoms with Crippen LogP contribution in [0.3, 0.4) is 0 Å². The molecule has 0 radical (unpaired) electrons. The van der Waals surface area contributed by atoms with Gasteiger partial charge in [-0.1, -0.05) is 6.08 Å². The van der Waals surface area contributed by atoms with E-state index in [0.717, 1.165) is 13.2 Å². The highest BCUT2D eigenvalue weighted by molar-refractivity contribution is 5.71. The summed E-state index contributed by atoms with van der Waals surface area (Å²) in [7, 11) is 0. The van der Waals surface area contributed by atoms with Crippen molar-refractivity contribution in [3.63, 3.8) is 0 Å². The highest BCUT2D eigenvalue weighted by Gasteiger charge is 1.78. The molecular formula is C5H8N2. The number of nitrogens with one attached hydrogen (secondary N) is 1. The molecule has 0 unspecified atom stereocenters. The van der Waals surface area contributed by atoms with Crippen molar-refractivity contribution in [2.45, 2.75) is 0 Å². The quantitative estimate of drug-likeness (QED) is 0.457. The molecule has 0 aromatic heterocycles. The lowest BCUT2D eigenvalue weighted by Gasteiger charge is -1.87. The molecule has 0 atom stereocenters. The maximum absolute atomic E-state index is 3.95. The third-order valence-corrected chi connectivity index (χ3v) is 0.793. The molecule has 0 aromatic carbocycles. The average molecular weight is 96.1 g/mol. The first kappa shape index (κ1) is 4.53. The van der Waals surface area contributed by atoms with Crippen LogP contribution >= 0.6 is 0 Å². The van der Waals surface area contributed by atoms with Gasteiger partial charge in [-0.3, -0.25) is 10.3 Å². The zero-order valence-electron chi connectivity index (χ0n) is 4.09. The summed E-state index contributed by atoms with van der Waals surface area (Å²) in [5.74, 6) is 0. The van der Waals surface area contributed by atoms with E-state index in [-0.39, 0.29) is 0 Å². The maximum Gasteiger partial charge on any atom is 0.0886 e. The molecule has 0 amide bonds. The Kier molecular flexibility index (Phi) is 1.63. The predicted molar refractivity (Wildman–Crippen MR) is 30.5 cm³/mol. The lowest BCUT2D eigenvalue weighted by atomic mass is 10.5. The highest BCUT2D eigenvalue weighted by atomic mass is 15.0. The molecule has 38 valence electrons. The summed E-state index contributed by atoms with van der Waals surface area (Å²) in [5, 5.41) is 3.06. The number of aliphatic imine (C=N–C) groups is 1. The number of hydrogen-bond donors (Lipinski definition) is 1. The van der Waals surface area contributed by atoms with Gasteiger partial charge in [0, 0.05) is 12.8 Å². The first-order chi connectivity index (χ1) is 3.50. The Morgan fingerprint density at radius 3 is 3.57 bits per heavy atom. The number of rotatable bonds is 0. The van der Waals surface area contributed by atoms with Crippen LogP contribution in [-0.2, 0) is 0 Å². The second kappa shape index (κ2) is 2.53. The molecule has 0 aromatic rings. The Balaban J connectivity index is 2.39. The Morgan fingerprint density at radius 1 is 1.57 bits per heavy atom. The Morgan fingerprint density at radius 2 is 2.57 bits per heavy atom. The molecular weight excluding hydrogens is 88.1 g/mol. The van der Waals surface area contributed by atoms with Gasteiger partial charge in [-0.2, -0.15) is 0 Å². The van der Waals surface area contributed by atoms with Crippen LogP contribution in [-0.4, -0.2) is 19.4 Å². The Hall–Kier alpha value is -0.630. The van der Waals surface area contributed by atoms with Crippen LogP contribution in [0.1, 0.15) is 0 Å². The minimum absolute atomic E-state index is 0.757. The van der Waals surface area contributed by atoms with Crippen LogP contribution in [0.4, 0.5) is 0 Å². The average Bonchev–Trinajstić information content (AvgIpc) is 1.90. The number of nitrogens with zero attached hydrogens (tertiary/aromatic N) is 1. The molecule has 7 heavy (non-hydrogen) atoms. The van der Waals surface area contributed by atoms with Crippen LogP contribution in [0.2, 0.25) is 0 Å². The van der Waals surface area contributed by atoms with Crippen LogP contribution in [0.25, 0.3) is 0 Å². The van der Waals surface area contributed by atoms with E-state index in [9.17, 15) is 0 Å². The lowest BCUT2D eigenvalue weighted by molar-refractivity contribution is 0.785. The molecule has 0 saturated carbocycles. The van der Waals surface area contributed by atoms with Crippen molar-refractivity contribution in [3.8, 4) is 0 Å². The molecule has 1 N–H and O–H groups in total. The van der Waals surface area contributed by atoms with Gasteiger partial charge in [0.2, 0.25) is 0 Å². The standard InChI is InChI=1S/C5H8N2/c1-2-4-7-5-6-3-1/h1-3,7H,4-5H2. The molecule has 2 heteroatoms. The third kappa shape index (κ3) is 1.50. The molecule has 0 aliphatic carbocycles. The molecule has 1 heterocycles. The fourth-order valence-corrected chi connectivity index (χ4v) is 0.455. The second-order valence-corrected chi connectivity index (χ2v) is 1.37. The van der Waals surface area contributed by atoms with Crippen molar-refractivity contribution in [1.29, 1.82) is 0 Å². The van der Waals surface area contributed by atoms with Gasteiger partial charge in [0.05, 0.1) is 6.67 Å². The van der Waals surface area contributed by atoms with E-state index < -0.39 is 0 Å². The first-order valence-electron chi connectivity index (χ1n) is 2.36. The van der Waals surface area contributed by atoms with Gasteiger partial charge in [0.1, 0.15) is 0 Å². The van der Waals surface area contributed by atoms with Crippen LogP contribution in [0.5, 0.6) is 0 Å². The summed E-state index contributed by atoms with van der Waals surface area (Å²) in [4.78, 5) is 3.95. The lowest BCUT2D eigenvalue weighted by Crippen LogP contribution is -2.11. The van der Waals surface area contributed by atoms with E-state index in [4.69, 9.17) is 0 Å². The van der Waals surface area contributed by atoms with Gasteiger partial charge in [-0.05, 0) is 6.08 Å². The van der Waals surface area contributed by atoms with Crippen molar-refractivity contribution >= 4 is 6.21 Å². The van der Waals surface area contributed by atoms with E-state index in [0.29, 0.717) is 0 Å². The van der Waals surface area contributed by atoms with Gasteiger partial charge in [0.15, 0.2) is 0 Å². The molecule has 0 saturated heterocycles. The molecule has 2 nitrogen and oxygen atoms in total. The molecule has 1 rings (SSSR count). The Labute approximate surface area is 42.9 Å². The fourth-order valence-electron chi connectivity index (χ4n) is 0.455. The zero-order valence-corrected chi connectivity index (χ0v) is 4.09. The highest BCUT2D eigenvalue weighted by Crippen LogP contribution is 1.73. The van der Waals surface area contributed by atoms with E-state index >= 15 is 0 Å². The van der Waals surface area contributed by atoms with Crippen molar-refractivity contribution in [3.05, 3.63) is 12.2 Å². The van der Waals surface area contributed by atoms with E-state index in [2.05, 4.69) is 10.3 Å². The summed E-state index contributed by atoms with van der Waals surface area (Å²) in [5.41, 5.74) is 0. The van der Waals surface area contributed by atoms with Gasteiger partial charge in [0.25, 0.3) is 0 Å². The number of hydrogen-bond acceptors (Lipinski definition) is 2. The van der Waals surface area contributed by atoms with Crippen LogP contribution in [0, 0.1) is 0 Å². The Bertz CT molecular complexity index is 82.3. The second-order valence-electron chi connectivity index (χ2n) is 1.37. The van der Waals surface area contributed by atoms with Gasteiger partial charge < -0.3 is 0 Å². The molecule has 0 fully saturated rings. The smallest absolute Gasteiger partial charge is 0.0886 e. The molecule has 1 aliphatic rings. The minimum atomic E-state index is 0.757. The summed E-state index contributed by atoms with van der Waals surface area (Å²) < 4.78 is 0. The van der Waals surface area contributed by atoms with Crippen molar-refractivity contribution in [2.75, 3.05) is 13.2 Å². The first-order valence-corrected chi connectivity index (χ1v) is 2.36. The summed E-state index contributed by atoms with van der Waals surface area (Å²) in [6, 6.07) is 0. The predicted octanol–water partition coefficient (Wildman–Crippen LogP) is 0.174. The van der Waals surface area contributed by atoms with Gasteiger partial charge in [-0.25, -0.2) is 0 Å². The SMILES string of the molecule is C1=CCNCN=C1. The number of allylic oxidation sites excluding steroid dienone is 1. The van der Waals surface area contributed by atoms with Gasteiger partial charge in [-0.15, -0.1) is 0 Å². The summed E-state index contributed by atoms with van der Waals surface area (Å²) in [6.45, 7) is 1.70. The van der Waals surface area contributed by atoms with Crippen molar-refractivity contribution < 1.29 is 0 Å². The minimum Gasteiger partial charge on any atom is -0.295 e.